The minimum absolute atomic E-state index is 0.502. The highest BCUT2D eigenvalue weighted by molar-refractivity contribution is 5.54. The van der Waals surface area contributed by atoms with Gasteiger partial charge in [-0.3, -0.25) is 0 Å². The van der Waals surface area contributed by atoms with Crippen LogP contribution in [-0.2, 0) is 6.54 Å². The first-order valence-corrected chi connectivity index (χ1v) is 5.94. The number of aryl methyl sites for hydroxylation is 1. The number of nitrogen functional groups attached to an aromatic ring is 1. The van der Waals surface area contributed by atoms with Gasteiger partial charge in [-0.05, 0) is 19.8 Å². The highest BCUT2D eigenvalue weighted by Gasteiger charge is 2.27. The number of anilines is 1. The predicted molar refractivity (Wildman–Crippen MR) is 65.3 cm³/mol. The Morgan fingerprint density at radius 1 is 1.41 bits per heavy atom. The molecule has 1 aliphatic carbocycles. The molecule has 88 valence electrons. The minimum atomic E-state index is 0.502. The molecular formula is C12H15N5. The number of imidazole rings is 1. The molecule has 1 aliphatic rings. The molecule has 2 N–H and O–H groups in total. The zero-order valence-corrected chi connectivity index (χ0v) is 9.80. The highest BCUT2D eigenvalue weighted by Crippen LogP contribution is 2.38. The van der Waals surface area contributed by atoms with Gasteiger partial charge in [0.2, 0.25) is 0 Å². The summed E-state index contributed by atoms with van der Waals surface area (Å²) in [5.74, 6) is 2.76. The Balaban J connectivity index is 2.07. The van der Waals surface area contributed by atoms with Crippen LogP contribution in [0.5, 0.6) is 0 Å². The first-order valence-electron chi connectivity index (χ1n) is 5.94. The van der Waals surface area contributed by atoms with Crippen LogP contribution in [-0.4, -0.2) is 19.5 Å². The molecule has 2 aromatic rings. The molecule has 2 aromatic heterocycles. The summed E-state index contributed by atoms with van der Waals surface area (Å²) < 4.78 is 2.05. The van der Waals surface area contributed by atoms with E-state index in [2.05, 4.69) is 26.4 Å². The van der Waals surface area contributed by atoms with Crippen molar-refractivity contribution in [2.75, 3.05) is 5.73 Å². The van der Waals surface area contributed by atoms with Crippen LogP contribution >= 0.6 is 0 Å². The van der Waals surface area contributed by atoms with Crippen molar-refractivity contribution < 1.29 is 0 Å². The number of hydrogen-bond donors (Lipinski definition) is 1. The van der Waals surface area contributed by atoms with Crippen molar-refractivity contribution in [3.63, 3.8) is 0 Å². The molecule has 17 heavy (non-hydrogen) atoms. The molecule has 1 saturated carbocycles. The van der Waals surface area contributed by atoms with E-state index in [9.17, 15) is 0 Å². The van der Waals surface area contributed by atoms with Crippen LogP contribution in [0, 0.1) is 0 Å². The van der Waals surface area contributed by atoms with E-state index in [4.69, 9.17) is 5.73 Å². The lowest BCUT2D eigenvalue weighted by molar-refractivity contribution is 0.765. The quantitative estimate of drug-likeness (QED) is 0.871. The summed E-state index contributed by atoms with van der Waals surface area (Å²) in [6.45, 7) is 2.95. The molecule has 0 unspecified atom stereocenters. The summed E-state index contributed by atoms with van der Waals surface area (Å²) in [5, 5.41) is 0. The summed E-state index contributed by atoms with van der Waals surface area (Å²) in [4.78, 5) is 13.2. The largest absolute Gasteiger partial charge is 0.384 e. The molecule has 2 heterocycles. The Hall–Kier alpha value is -1.91. The molecule has 3 rings (SSSR count). The van der Waals surface area contributed by atoms with Gasteiger partial charge in [0, 0.05) is 30.9 Å². The highest BCUT2D eigenvalue weighted by atomic mass is 15.1. The lowest BCUT2D eigenvalue weighted by atomic mass is 10.3. The maximum atomic E-state index is 5.83. The van der Waals surface area contributed by atoms with E-state index in [1.54, 1.807) is 12.3 Å². The zero-order chi connectivity index (χ0) is 11.8. The van der Waals surface area contributed by atoms with Crippen LogP contribution in [0.4, 0.5) is 5.82 Å². The Labute approximate surface area is 99.7 Å². The van der Waals surface area contributed by atoms with Gasteiger partial charge in [0.1, 0.15) is 17.3 Å². The third-order valence-electron chi connectivity index (χ3n) is 2.99. The number of nitrogens with two attached hydrogens (primary N) is 1. The number of hydrogen-bond acceptors (Lipinski definition) is 4. The molecule has 1 fully saturated rings. The molecule has 0 amide bonds. The second kappa shape index (κ2) is 3.84. The second-order valence-corrected chi connectivity index (χ2v) is 4.35. The van der Waals surface area contributed by atoms with E-state index in [1.165, 1.54) is 12.8 Å². The Bertz CT molecular complexity index is 542. The maximum Gasteiger partial charge on any atom is 0.158 e. The topological polar surface area (TPSA) is 69.6 Å². The van der Waals surface area contributed by atoms with E-state index >= 15 is 0 Å². The zero-order valence-electron chi connectivity index (χ0n) is 9.80. The molecule has 0 aromatic carbocycles. The van der Waals surface area contributed by atoms with Crippen LogP contribution in [0.2, 0.25) is 0 Å². The SMILES string of the molecule is CCn1ccnc1-c1cc(N)nc(C2CC2)n1. The molecule has 0 spiro atoms. The smallest absolute Gasteiger partial charge is 0.158 e. The average Bonchev–Trinajstić information content (AvgIpc) is 3.06. The van der Waals surface area contributed by atoms with E-state index in [0.29, 0.717) is 11.7 Å². The van der Waals surface area contributed by atoms with Gasteiger partial charge in [-0.15, -0.1) is 0 Å². The second-order valence-electron chi connectivity index (χ2n) is 4.35. The van der Waals surface area contributed by atoms with Crippen molar-refractivity contribution in [2.24, 2.45) is 0 Å². The number of nitrogens with zero attached hydrogens (tertiary/aromatic N) is 4. The van der Waals surface area contributed by atoms with Crippen molar-refractivity contribution in [3.05, 3.63) is 24.3 Å². The van der Waals surface area contributed by atoms with Crippen LogP contribution in [0.25, 0.3) is 11.5 Å². The van der Waals surface area contributed by atoms with Crippen molar-refractivity contribution >= 4 is 5.82 Å². The standard InChI is InChI=1S/C12H15N5/c1-2-17-6-5-14-12(17)9-7-10(13)16-11(15-9)8-3-4-8/h5-8H,2-4H2,1H3,(H2,13,15,16). The van der Waals surface area contributed by atoms with Gasteiger partial charge in [-0.2, -0.15) is 0 Å². The summed E-state index contributed by atoms with van der Waals surface area (Å²) in [7, 11) is 0. The van der Waals surface area contributed by atoms with Gasteiger partial charge in [-0.25, -0.2) is 15.0 Å². The Kier molecular flexibility index (Phi) is 2.31. The fourth-order valence-electron chi connectivity index (χ4n) is 1.92. The van der Waals surface area contributed by atoms with E-state index < -0.39 is 0 Å². The van der Waals surface area contributed by atoms with Crippen LogP contribution < -0.4 is 5.73 Å². The van der Waals surface area contributed by atoms with Gasteiger partial charge >= 0.3 is 0 Å². The van der Waals surface area contributed by atoms with E-state index in [0.717, 1.165) is 23.9 Å². The summed E-state index contributed by atoms with van der Waals surface area (Å²) >= 11 is 0. The van der Waals surface area contributed by atoms with Crippen molar-refractivity contribution in [1.82, 2.24) is 19.5 Å². The van der Waals surface area contributed by atoms with Gasteiger partial charge in [0.05, 0.1) is 0 Å². The molecule has 5 heteroatoms. The number of rotatable bonds is 3. The van der Waals surface area contributed by atoms with E-state index in [1.807, 2.05) is 6.20 Å². The molecule has 0 bridgehead atoms. The van der Waals surface area contributed by atoms with Crippen molar-refractivity contribution in [1.29, 1.82) is 0 Å². The Morgan fingerprint density at radius 3 is 2.94 bits per heavy atom. The molecule has 0 saturated heterocycles. The minimum Gasteiger partial charge on any atom is -0.384 e. The molecule has 0 aliphatic heterocycles. The fraction of sp³-hybridized carbons (Fsp3) is 0.417. The van der Waals surface area contributed by atoms with Crippen LogP contribution in [0.15, 0.2) is 18.5 Å². The van der Waals surface area contributed by atoms with Crippen LogP contribution in [0.3, 0.4) is 0 Å². The van der Waals surface area contributed by atoms with Crippen molar-refractivity contribution in [2.45, 2.75) is 32.2 Å². The molecular weight excluding hydrogens is 214 g/mol. The number of aromatic nitrogens is 4. The molecule has 5 nitrogen and oxygen atoms in total. The van der Waals surface area contributed by atoms with Gasteiger partial charge < -0.3 is 10.3 Å². The predicted octanol–water partition coefficient (Wildman–Crippen LogP) is 1.82. The normalized spacial score (nSPS) is 15.1. The first-order chi connectivity index (χ1) is 8.28. The van der Waals surface area contributed by atoms with Gasteiger partial charge in [0.25, 0.3) is 0 Å². The fourth-order valence-corrected chi connectivity index (χ4v) is 1.92. The third kappa shape index (κ3) is 1.88. The third-order valence-corrected chi connectivity index (χ3v) is 2.99. The Morgan fingerprint density at radius 2 is 2.24 bits per heavy atom. The average molecular weight is 229 g/mol. The first kappa shape index (κ1) is 10.3. The monoisotopic (exact) mass is 229 g/mol. The lowest BCUT2D eigenvalue weighted by Gasteiger charge is -2.06. The summed E-state index contributed by atoms with van der Waals surface area (Å²) in [6, 6.07) is 1.79. The van der Waals surface area contributed by atoms with E-state index in [-0.39, 0.29) is 0 Å². The molecule has 0 radical (unpaired) electrons. The van der Waals surface area contributed by atoms with Gasteiger partial charge in [-0.1, -0.05) is 0 Å². The summed E-state index contributed by atoms with van der Waals surface area (Å²) in [5.41, 5.74) is 6.66. The summed E-state index contributed by atoms with van der Waals surface area (Å²) in [6.07, 6.45) is 6.08. The maximum absolute atomic E-state index is 5.83. The van der Waals surface area contributed by atoms with Crippen LogP contribution in [0.1, 0.15) is 31.5 Å². The molecule has 0 atom stereocenters. The van der Waals surface area contributed by atoms with Crippen molar-refractivity contribution in [3.8, 4) is 11.5 Å². The lowest BCUT2D eigenvalue weighted by Crippen LogP contribution is -2.03. The van der Waals surface area contributed by atoms with Gasteiger partial charge in [0.15, 0.2) is 5.82 Å².